The maximum atomic E-state index is 12.5. The van der Waals surface area contributed by atoms with Crippen molar-refractivity contribution < 1.29 is 23.2 Å². The standard InChI is InChI=1S/C8H5F2IN2O4/c1-17-8(14)4-3(13(15)16)2-12-6(5(4)11)7(9)10/h2,7H,1H3. The minimum atomic E-state index is -2.92. The molecule has 0 amide bonds. The van der Waals surface area contributed by atoms with Crippen LogP contribution in [0.3, 0.4) is 0 Å². The van der Waals surface area contributed by atoms with Gasteiger partial charge in [-0.15, -0.1) is 0 Å². The highest BCUT2D eigenvalue weighted by atomic mass is 127. The Morgan fingerprint density at radius 1 is 1.65 bits per heavy atom. The quantitative estimate of drug-likeness (QED) is 0.359. The van der Waals surface area contributed by atoms with Crippen LogP contribution in [0.1, 0.15) is 22.5 Å². The first-order valence-corrected chi connectivity index (χ1v) is 5.17. The SMILES string of the molecule is COC(=O)c1c([N+](=O)[O-])cnc(C(F)F)c1I. The number of aromatic nitrogens is 1. The van der Waals surface area contributed by atoms with E-state index in [0.717, 1.165) is 7.11 Å². The fraction of sp³-hybridized carbons (Fsp3) is 0.250. The summed E-state index contributed by atoms with van der Waals surface area (Å²) in [5.74, 6) is -1.05. The van der Waals surface area contributed by atoms with E-state index < -0.39 is 34.3 Å². The molecule has 0 aliphatic carbocycles. The summed E-state index contributed by atoms with van der Waals surface area (Å²) < 4.78 is 29.1. The van der Waals surface area contributed by atoms with Gasteiger partial charge in [0.15, 0.2) is 5.56 Å². The van der Waals surface area contributed by atoms with Gasteiger partial charge < -0.3 is 4.74 Å². The zero-order chi connectivity index (χ0) is 13.2. The number of rotatable bonds is 3. The van der Waals surface area contributed by atoms with Crippen LogP contribution in [0.2, 0.25) is 0 Å². The summed E-state index contributed by atoms with van der Waals surface area (Å²) in [6.45, 7) is 0. The molecular formula is C8H5F2IN2O4. The van der Waals surface area contributed by atoms with Crippen molar-refractivity contribution >= 4 is 34.2 Å². The van der Waals surface area contributed by atoms with Crippen LogP contribution in [0.15, 0.2) is 6.20 Å². The van der Waals surface area contributed by atoms with Crippen LogP contribution in [-0.2, 0) is 4.74 Å². The largest absolute Gasteiger partial charge is 0.465 e. The second kappa shape index (κ2) is 5.29. The van der Waals surface area contributed by atoms with E-state index >= 15 is 0 Å². The number of carbonyl (C=O) groups excluding carboxylic acids is 1. The van der Waals surface area contributed by atoms with Gasteiger partial charge in [-0.25, -0.2) is 18.6 Å². The fourth-order valence-electron chi connectivity index (χ4n) is 1.08. The Morgan fingerprint density at radius 3 is 2.65 bits per heavy atom. The predicted octanol–water partition coefficient (Wildman–Crippen LogP) is 2.32. The van der Waals surface area contributed by atoms with E-state index in [4.69, 9.17) is 0 Å². The van der Waals surface area contributed by atoms with Crippen LogP contribution >= 0.6 is 22.6 Å². The van der Waals surface area contributed by atoms with Gasteiger partial charge in [0.05, 0.1) is 15.6 Å². The number of nitro groups is 1. The lowest BCUT2D eigenvalue weighted by atomic mass is 10.2. The van der Waals surface area contributed by atoms with Crippen LogP contribution in [0.4, 0.5) is 14.5 Å². The zero-order valence-electron chi connectivity index (χ0n) is 8.32. The van der Waals surface area contributed by atoms with Gasteiger partial charge in [-0.1, -0.05) is 0 Å². The highest BCUT2D eigenvalue weighted by molar-refractivity contribution is 14.1. The monoisotopic (exact) mass is 358 g/mol. The summed E-state index contributed by atoms with van der Waals surface area (Å²) in [4.78, 5) is 24.4. The molecular weight excluding hydrogens is 353 g/mol. The van der Waals surface area contributed by atoms with Crippen LogP contribution < -0.4 is 0 Å². The molecule has 0 aliphatic rings. The molecule has 1 aromatic rings. The van der Waals surface area contributed by atoms with E-state index in [1.165, 1.54) is 22.6 Å². The molecule has 1 aromatic heterocycles. The van der Waals surface area contributed by atoms with Crippen molar-refractivity contribution in [1.82, 2.24) is 4.98 Å². The summed E-state index contributed by atoms with van der Waals surface area (Å²) in [5.41, 5.74) is -1.86. The van der Waals surface area contributed by atoms with E-state index in [1.54, 1.807) is 0 Å². The molecule has 6 nitrogen and oxygen atoms in total. The molecule has 0 fully saturated rings. The number of ether oxygens (including phenoxy) is 1. The molecule has 92 valence electrons. The smallest absolute Gasteiger partial charge is 0.346 e. The Morgan fingerprint density at radius 2 is 2.24 bits per heavy atom. The van der Waals surface area contributed by atoms with E-state index in [0.29, 0.717) is 6.20 Å². The maximum Gasteiger partial charge on any atom is 0.346 e. The number of carbonyl (C=O) groups is 1. The third-order valence-corrected chi connectivity index (χ3v) is 2.91. The number of nitrogens with zero attached hydrogens (tertiary/aromatic N) is 2. The highest BCUT2D eigenvalue weighted by Gasteiger charge is 2.29. The number of hydrogen-bond acceptors (Lipinski definition) is 5. The minimum absolute atomic E-state index is 0.279. The van der Waals surface area contributed by atoms with Gasteiger partial charge in [0, 0.05) is 0 Å². The Bertz CT molecular complexity index is 481. The predicted molar refractivity (Wildman–Crippen MR) is 59.9 cm³/mol. The van der Waals surface area contributed by atoms with Crippen molar-refractivity contribution in [3.8, 4) is 0 Å². The van der Waals surface area contributed by atoms with Gasteiger partial charge in [-0.05, 0) is 22.6 Å². The molecule has 9 heteroatoms. The summed E-state index contributed by atoms with van der Waals surface area (Å²) >= 11 is 1.41. The van der Waals surface area contributed by atoms with E-state index in [9.17, 15) is 23.7 Å². The average molecular weight is 358 g/mol. The molecule has 0 unspecified atom stereocenters. The highest BCUT2D eigenvalue weighted by Crippen LogP contribution is 2.30. The van der Waals surface area contributed by atoms with Gasteiger partial charge in [-0.2, -0.15) is 0 Å². The van der Waals surface area contributed by atoms with E-state index in [-0.39, 0.29) is 3.57 Å². The fourth-order valence-corrected chi connectivity index (χ4v) is 1.95. The molecule has 0 N–H and O–H groups in total. The molecule has 0 spiro atoms. The maximum absolute atomic E-state index is 12.5. The molecule has 0 saturated carbocycles. The summed E-state index contributed by atoms with van der Waals surface area (Å²) in [5, 5.41) is 10.6. The third-order valence-electron chi connectivity index (χ3n) is 1.82. The number of hydrogen-bond donors (Lipinski definition) is 0. The first kappa shape index (κ1) is 13.7. The molecule has 0 saturated heterocycles. The molecule has 0 aromatic carbocycles. The number of pyridine rings is 1. The van der Waals surface area contributed by atoms with E-state index in [1.807, 2.05) is 0 Å². The first-order chi connectivity index (χ1) is 7.90. The number of esters is 1. The summed E-state index contributed by atoms with van der Waals surface area (Å²) in [7, 11) is 1.00. The van der Waals surface area contributed by atoms with Crippen molar-refractivity contribution in [2.75, 3.05) is 7.11 Å². The second-order valence-corrected chi connectivity index (χ2v) is 3.85. The lowest BCUT2D eigenvalue weighted by Gasteiger charge is -2.07. The van der Waals surface area contributed by atoms with Crippen molar-refractivity contribution in [3.05, 3.63) is 31.1 Å². The normalized spacial score (nSPS) is 10.4. The third kappa shape index (κ3) is 2.65. The van der Waals surface area contributed by atoms with Crippen molar-refractivity contribution in [1.29, 1.82) is 0 Å². The van der Waals surface area contributed by atoms with Crippen LogP contribution in [0.25, 0.3) is 0 Å². The van der Waals surface area contributed by atoms with Crippen molar-refractivity contribution in [2.45, 2.75) is 6.43 Å². The molecule has 0 atom stereocenters. The number of halogens is 3. The van der Waals surface area contributed by atoms with Crippen LogP contribution in [-0.4, -0.2) is 23.0 Å². The Hall–Kier alpha value is -1.39. The van der Waals surface area contributed by atoms with Crippen LogP contribution in [0.5, 0.6) is 0 Å². The number of methoxy groups -OCH3 is 1. The molecule has 0 aliphatic heterocycles. The summed E-state index contributed by atoms with van der Waals surface area (Å²) in [6, 6.07) is 0. The minimum Gasteiger partial charge on any atom is -0.465 e. The van der Waals surface area contributed by atoms with Crippen LogP contribution in [0, 0.1) is 13.7 Å². The topological polar surface area (TPSA) is 82.3 Å². The molecule has 17 heavy (non-hydrogen) atoms. The van der Waals surface area contributed by atoms with Gasteiger partial charge in [0.1, 0.15) is 11.9 Å². The number of alkyl halides is 2. The zero-order valence-corrected chi connectivity index (χ0v) is 10.5. The Kier molecular flexibility index (Phi) is 4.26. The van der Waals surface area contributed by atoms with Crippen molar-refractivity contribution in [3.63, 3.8) is 0 Å². The lowest BCUT2D eigenvalue weighted by molar-refractivity contribution is -0.385. The van der Waals surface area contributed by atoms with Gasteiger partial charge >= 0.3 is 11.7 Å². The summed E-state index contributed by atoms with van der Waals surface area (Å²) in [6.07, 6.45) is -2.30. The van der Waals surface area contributed by atoms with Crippen molar-refractivity contribution in [2.24, 2.45) is 0 Å². The van der Waals surface area contributed by atoms with Gasteiger partial charge in [0.2, 0.25) is 0 Å². The Balaban J connectivity index is 3.53. The molecule has 1 heterocycles. The lowest BCUT2D eigenvalue weighted by Crippen LogP contribution is -2.11. The Labute approximate surface area is 107 Å². The van der Waals surface area contributed by atoms with Gasteiger partial charge in [0.25, 0.3) is 6.43 Å². The molecule has 0 radical (unpaired) electrons. The van der Waals surface area contributed by atoms with Gasteiger partial charge in [-0.3, -0.25) is 10.1 Å². The molecule has 0 bridgehead atoms. The second-order valence-electron chi connectivity index (χ2n) is 2.77. The average Bonchev–Trinajstić information content (AvgIpc) is 2.26. The first-order valence-electron chi connectivity index (χ1n) is 4.09. The molecule has 1 rings (SSSR count). The van der Waals surface area contributed by atoms with E-state index in [2.05, 4.69) is 9.72 Å².